The van der Waals surface area contributed by atoms with E-state index < -0.39 is 5.97 Å². The van der Waals surface area contributed by atoms with E-state index in [1.807, 2.05) is 0 Å². The summed E-state index contributed by atoms with van der Waals surface area (Å²) in [6.07, 6.45) is 3.58. The predicted octanol–water partition coefficient (Wildman–Crippen LogP) is 1.96. The minimum atomic E-state index is -1.11. The highest BCUT2D eigenvalue weighted by molar-refractivity contribution is 6.31. The van der Waals surface area contributed by atoms with Crippen LogP contribution in [0.25, 0.3) is 0 Å². The van der Waals surface area contributed by atoms with Gasteiger partial charge >= 0.3 is 5.97 Å². The van der Waals surface area contributed by atoms with Crippen molar-refractivity contribution < 1.29 is 9.90 Å². The third-order valence-electron chi connectivity index (χ3n) is 0.878. The van der Waals surface area contributed by atoms with Gasteiger partial charge in [-0.3, -0.25) is 4.99 Å². The second-order valence-corrected chi connectivity index (χ2v) is 2.30. The molecular formula is C8H8ClNO2. The molecule has 0 aromatic heterocycles. The number of nitrogens with zero attached hydrogens (tertiary/aromatic N) is 1. The molecule has 0 saturated carbocycles. The normalized spacial score (nSPS) is 11.6. The molecule has 0 atom stereocenters. The molecule has 0 unspecified atom stereocenters. The van der Waals surface area contributed by atoms with E-state index in [4.69, 9.17) is 16.7 Å². The lowest BCUT2D eigenvalue weighted by Crippen LogP contribution is -2.01. The van der Waals surface area contributed by atoms with E-state index >= 15 is 0 Å². The highest BCUT2D eigenvalue weighted by Gasteiger charge is 2.02. The molecule has 4 heteroatoms. The van der Waals surface area contributed by atoms with E-state index in [-0.39, 0.29) is 10.6 Å². The first-order chi connectivity index (χ1) is 5.57. The quantitative estimate of drug-likeness (QED) is 0.414. The Balaban J connectivity index is 4.66. The lowest BCUT2D eigenvalue weighted by atomic mass is 10.3. The third kappa shape index (κ3) is 4.46. The summed E-state index contributed by atoms with van der Waals surface area (Å²) in [7, 11) is 0. The van der Waals surface area contributed by atoms with Gasteiger partial charge in [0.25, 0.3) is 0 Å². The lowest BCUT2D eigenvalue weighted by molar-refractivity contribution is -0.132. The molecule has 64 valence electrons. The molecule has 0 aliphatic rings. The van der Waals surface area contributed by atoms with Crippen LogP contribution in [0.3, 0.4) is 0 Å². The van der Waals surface area contributed by atoms with Gasteiger partial charge in [-0.2, -0.15) is 0 Å². The van der Waals surface area contributed by atoms with Gasteiger partial charge in [-0.25, -0.2) is 4.79 Å². The number of carbonyl (C=O) groups is 1. The van der Waals surface area contributed by atoms with E-state index in [2.05, 4.69) is 18.2 Å². The topological polar surface area (TPSA) is 49.7 Å². The maximum Gasteiger partial charge on any atom is 0.337 e. The number of aliphatic carboxylic acids is 1. The number of allylic oxidation sites excluding steroid dienone is 2. The number of carboxylic acids is 1. The summed E-state index contributed by atoms with van der Waals surface area (Å²) >= 11 is 5.37. The maximum atomic E-state index is 10.4. The third-order valence-corrected chi connectivity index (χ3v) is 0.987. The molecule has 0 aromatic carbocycles. The largest absolute Gasteiger partial charge is 0.478 e. The molecule has 0 aliphatic heterocycles. The van der Waals surface area contributed by atoms with Crippen molar-refractivity contribution in [3.8, 4) is 0 Å². The molecule has 12 heavy (non-hydrogen) atoms. The molecule has 0 radical (unpaired) electrons. The standard InChI is InChI=1S/C8H8ClNO2/c1-3-10-5-7(8(11)12)4-6(2)9/h3-5H,1-2H2,(H,11,12)/b7-4+,10-5+. The van der Waals surface area contributed by atoms with Crippen LogP contribution in [-0.4, -0.2) is 17.3 Å². The van der Waals surface area contributed by atoms with Crippen molar-refractivity contribution in [1.29, 1.82) is 0 Å². The van der Waals surface area contributed by atoms with Crippen molar-refractivity contribution in [2.24, 2.45) is 4.99 Å². The van der Waals surface area contributed by atoms with Crippen molar-refractivity contribution in [1.82, 2.24) is 0 Å². The van der Waals surface area contributed by atoms with Gasteiger partial charge in [0, 0.05) is 17.4 Å². The maximum absolute atomic E-state index is 10.4. The molecule has 1 N–H and O–H groups in total. The highest BCUT2D eigenvalue weighted by atomic mass is 35.5. The average molecular weight is 186 g/mol. The Morgan fingerprint density at radius 1 is 1.58 bits per heavy atom. The number of aliphatic imine (C=N–C) groups is 1. The minimum absolute atomic E-state index is 0.0325. The summed E-state index contributed by atoms with van der Waals surface area (Å²) in [5.74, 6) is -1.11. The molecule has 0 bridgehead atoms. The van der Waals surface area contributed by atoms with Gasteiger partial charge in [-0.1, -0.05) is 24.8 Å². The van der Waals surface area contributed by atoms with Gasteiger partial charge < -0.3 is 5.11 Å². The van der Waals surface area contributed by atoms with Crippen molar-refractivity contribution in [2.75, 3.05) is 0 Å². The van der Waals surface area contributed by atoms with Crippen molar-refractivity contribution in [2.45, 2.75) is 0 Å². The summed E-state index contributed by atoms with van der Waals surface area (Å²) in [6.45, 7) is 6.62. The molecule has 0 aliphatic carbocycles. The smallest absolute Gasteiger partial charge is 0.337 e. The van der Waals surface area contributed by atoms with E-state index in [0.29, 0.717) is 0 Å². The van der Waals surface area contributed by atoms with Crippen LogP contribution in [0.2, 0.25) is 0 Å². The van der Waals surface area contributed by atoms with Gasteiger partial charge in [-0.05, 0) is 6.08 Å². The first-order valence-corrected chi connectivity index (χ1v) is 3.39. The molecule has 0 saturated heterocycles. The van der Waals surface area contributed by atoms with E-state index in [1.54, 1.807) is 0 Å². The monoisotopic (exact) mass is 185 g/mol. The lowest BCUT2D eigenvalue weighted by Gasteiger charge is -1.91. The molecule has 0 spiro atoms. The van der Waals surface area contributed by atoms with Crippen LogP contribution in [0.5, 0.6) is 0 Å². The highest BCUT2D eigenvalue weighted by Crippen LogP contribution is 2.03. The summed E-state index contributed by atoms with van der Waals surface area (Å²) in [5.41, 5.74) is -0.0325. The number of hydrogen-bond acceptors (Lipinski definition) is 2. The molecular weight excluding hydrogens is 178 g/mol. The Kier molecular flexibility index (Phi) is 4.72. The van der Waals surface area contributed by atoms with Crippen LogP contribution in [0, 0.1) is 0 Å². The summed E-state index contributed by atoms with van der Waals surface area (Å²) in [6, 6.07) is 0. The van der Waals surface area contributed by atoms with Gasteiger partial charge in [0.2, 0.25) is 0 Å². The Morgan fingerprint density at radius 2 is 2.17 bits per heavy atom. The van der Waals surface area contributed by atoms with Crippen LogP contribution >= 0.6 is 11.6 Å². The minimum Gasteiger partial charge on any atom is -0.478 e. The number of halogens is 1. The number of rotatable bonds is 4. The van der Waals surface area contributed by atoms with Crippen LogP contribution in [0.4, 0.5) is 0 Å². The first kappa shape index (κ1) is 10.7. The van der Waals surface area contributed by atoms with Crippen LogP contribution in [-0.2, 0) is 4.79 Å². The fourth-order valence-electron chi connectivity index (χ4n) is 0.456. The van der Waals surface area contributed by atoms with Crippen LogP contribution in [0.15, 0.2) is 41.0 Å². The molecule has 0 amide bonds. The summed E-state index contributed by atoms with van der Waals surface area (Å²) in [4.78, 5) is 14.0. The second kappa shape index (κ2) is 5.32. The Morgan fingerprint density at radius 3 is 2.50 bits per heavy atom. The van der Waals surface area contributed by atoms with Gasteiger partial charge in [-0.15, -0.1) is 0 Å². The zero-order valence-electron chi connectivity index (χ0n) is 6.33. The predicted molar refractivity (Wildman–Crippen MR) is 49.4 cm³/mol. The zero-order chi connectivity index (χ0) is 9.56. The van der Waals surface area contributed by atoms with Crippen LogP contribution < -0.4 is 0 Å². The summed E-state index contributed by atoms with van der Waals surface area (Å²) < 4.78 is 0. The fraction of sp³-hybridized carbons (Fsp3) is 0. The number of hydrogen-bond donors (Lipinski definition) is 1. The van der Waals surface area contributed by atoms with E-state index in [1.165, 1.54) is 12.3 Å². The van der Waals surface area contributed by atoms with E-state index in [9.17, 15) is 4.79 Å². The summed E-state index contributed by atoms with van der Waals surface area (Å²) in [5, 5.41) is 8.70. The van der Waals surface area contributed by atoms with E-state index in [0.717, 1.165) is 6.21 Å². The molecule has 0 fully saturated rings. The van der Waals surface area contributed by atoms with Gasteiger partial charge in [0.05, 0.1) is 5.57 Å². The molecule has 3 nitrogen and oxygen atoms in total. The first-order valence-electron chi connectivity index (χ1n) is 3.01. The van der Waals surface area contributed by atoms with Crippen molar-refractivity contribution in [3.63, 3.8) is 0 Å². The molecule has 0 rings (SSSR count). The van der Waals surface area contributed by atoms with Gasteiger partial charge in [0.15, 0.2) is 0 Å². The zero-order valence-corrected chi connectivity index (χ0v) is 7.08. The second-order valence-electron chi connectivity index (χ2n) is 1.81. The van der Waals surface area contributed by atoms with Gasteiger partial charge in [0.1, 0.15) is 0 Å². The Hall–Kier alpha value is -1.35. The fourth-order valence-corrected chi connectivity index (χ4v) is 0.574. The molecule has 0 heterocycles. The number of carboxylic acid groups (broad SMARTS) is 1. The van der Waals surface area contributed by atoms with Crippen molar-refractivity contribution in [3.05, 3.63) is 36.0 Å². The SMILES string of the molecule is C=C/N=C/C(=C\C(=C)Cl)C(=O)O. The average Bonchev–Trinajstić information content (AvgIpc) is 1.96. The Labute approximate surface area is 75.4 Å². The molecule has 0 aromatic rings. The Bertz CT molecular complexity index is 266. The van der Waals surface area contributed by atoms with Crippen molar-refractivity contribution >= 4 is 23.8 Å². The van der Waals surface area contributed by atoms with Crippen LogP contribution in [0.1, 0.15) is 0 Å².